The first-order valence-corrected chi connectivity index (χ1v) is 8.50. The highest BCUT2D eigenvalue weighted by atomic mass is 16.5. The maximum atomic E-state index is 11.9. The minimum absolute atomic E-state index is 0.125. The van der Waals surface area contributed by atoms with Crippen molar-refractivity contribution in [2.24, 2.45) is 0 Å². The fourth-order valence-electron chi connectivity index (χ4n) is 3.11. The molecule has 1 saturated heterocycles. The van der Waals surface area contributed by atoms with Crippen molar-refractivity contribution in [2.45, 2.75) is 32.4 Å². The van der Waals surface area contributed by atoms with E-state index in [0.717, 1.165) is 43.8 Å². The lowest BCUT2D eigenvalue weighted by molar-refractivity contribution is 0.333. The van der Waals surface area contributed by atoms with E-state index in [9.17, 15) is 4.79 Å². The Hall–Kier alpha value is -2.34. The number of nitrogens with one attached hydrogen (secondary N) is 2. The van der Waals surface area contributed by atoms with Gasteiger partial charge in [-0.05, 0) is 25.8 Å². The monoisotopic (exact) mass is 328 g/mol. The second-order valence-corrected chi connectivity index (χ2v) is 5.95. The molecule has 2 heterocycles. The van der Waals surface area contributed by atoms with Crippen molar-refractivity contribution < 1.29 is 4.74 Å². The van der Waals surface area contributed by atoms with Crippen molar-refractivity contribution in [3.63, 3.8) is 0 Å². The van der Waals surface area contributed by atoms with Crippen LogP contribution in [0.25, 0.3) is 0 Å². The zero-order chi connectivity index (χ0) is 16.8. The van der Waals surface area contributed by atoms with E-state index in [1.165, 1.54) is 0 Å². The molecule has 1 fully saturated rings. The van der Waals surface area contributed by atoms with Gasteiger partial charge in [0.15, 0.2) is 5.82 Å². The molecule has 0 unspecified atom stereocenters. The van der Waals surface area contributed by atoms with Gasteiger partial charge in [0.25, 0.3) is 5.56 Å². The van der Waals surface area contributed by atoms with E-state index in [4.69, 9.17) is 4.74 Å². The van der Waals surface area contributed by atoms with Crippen molar-refractivity contribution in [2.75, 3.05) is 24.6 Å². The molecule has 1 aliphatic heterocycles. The van der Waals surface area contributed by atoms with Gasteiger partial charge in [-0.2, -0.15) is 0 Å². The molecular weight excluding hydrogens is 304 g/mol. The molecule has 2 N–H and O–H groups in total. The summed E-state index contributed by atoms with van der Waals surface area (Å²) in [6.07, 6.45) is 5.33. The third kappa shape index (κ3) is 3.94. The first kappa shape index (κ1) is 16.5. The molecule has 24 heavy (non-hydrogen) atoms. The molecule has 0 spiro atoms. The molecule has 1 atom stereocenters. The molecule has 0 bridgehead atoms. The Morgan fingerprint density at radius 3 is 3.12 bits per heavy atom. The predicted octanol–water partition coefficient (Wildman–Crippen LogP) is 1.93. The first-order valence-electron chi connectivity index (χ1n) is 8.50. The molecule has 0 saturated carbocycles. The Morgan fingerprint density at radius 1 is 1.42 bits per heavy atom. The Morgan fingerprint density at radius 2 is 2.29 bits per heavy atom. The Labute approximate surface area is 141 Å². The highest BCUT2D eigenvalue weighted by molar-refractivity contribution is 5.36. The van der Waals surface area contributed by atoms with Gasteiger partial charge in [0, 0.05) is 43.6 Å². The van der Waals surface area contributed by atoms with E-state index in [-0.39, 0.29) is 5.56 Å². The summed E-state index contributed by atoms with van der Waals surface area (Å²) in [4.78, 5) is 20.9. The van der Waals surface area contributed by atoms with Gasteiger partial charge >= 0.3 is 0 Å². The SMILES string of the molecule is CCOc1ccccc1CN[C@@H]1CCCN(c2ncc[nH]c2=O)C1. The van der Waals surface area contributed by atoms with Gasteiger partial charge < -0.3 is 19.9 Å². The average molecular weight is 328 g/mol. The van der Waals surface area contributed by atoms with E-state index in [1.54, 1.807) is 12.4 Å². The number of aromatic amines is 1. The summed E-state index contributed by atoms with van der Waals surface area (Å²) in [5.74, 6) is 1.44. The van der Waals surface area contributed by atoms with Crippen molar-refractivity contribution >= 4 is 5.82 Å². The fourth-order valence-corrected chi connectivity index (χ4v) is 3.11. The van der Waals surface area contributed by atoms with Crippen LogP contribution in [0, 0.1) is 0 Å². The van der Waals surface area contributed by atoms with Gasteiger partial charge in [-0.15, -0.1) is 0 Å². The Bertz CT molecular complexity index is 716. The topological polar surface area (TPSA) is 70.2 Å². The zero-order valence-electron chi connectivity index (χ0n) is 14.0. The van der Waals surface area contributed by atoms with Gasteiger partial charge in [-0.25, -0.2) is 4.98 Å². The van der Waals surface area contributed by atoms with Crippen LogP contribution in [0.5, 0.6) is 5.75 Å². The van der Waals surface area contributed by atoms with Crippen molar-refractivity contribution in [1.82, 2.24) is 15.3 Å². The maximum absolute atomic E-state index is 11.9. The summed E-state index contributed by atoms with van der Waals surface area (Å²) in [5, 5.41) is 3.59. The molecule has 6 nitrogen and oxygen atoms in total. The van der Waals surface area contributed by atoms with Gasteiger partial charge in [-0.1, -0.05) is 18.2 Å². The standard InChI is InChI=1S/C18H24N4O2/c1-2-24-16-8-4-3-6-14(16)12-21-15-7-5-11-22(13-15)17-18(23)20-10-9-19-17/h3-4,6,8-10,15,21H,2,5,7,11-13H2,1H3,(H,20,23)/t15-/m1/s1. The number of piperidine rings is 1. The molecule has 0 aliphatic carbocycles. The first-order chi connectivity index (χ1) is 11.8. The van der Waals surface area contributed by atoms with Gasteiger partial charge in [-0.3, -0.25) is 4.79 Å². The van der Waals surface area contributed by atoms with Crippen molar-refractivity contribution in [3.05, 3.63) is 52.6 Å². The number of ether oxygens (including phenoxy) is 1. The number of aromatic nitrogens is 2. The van der Waals surface area contributed by atoms with E-state index in [2.05, 4.69) is 26.3 Å². The van der Waals surface area contributed by atoms with Crippen LogP contribution in [0.1, 0.15) is 25.3 Å². The zero-order valence-corrected chi connectivity index (χ0v) is 14.0. The largest absolute Gasteiger partial charge is 0.494 e. The minimum Gasteiger partial charge on any atom is -0.494 e. The molecule has 1 aromatic carbocycles. The highest BCUT2D eigenvalue weighted by Crippen LogP contribution is 2.19. The van der Waals surface area contributed by atoms with Crippen LogP contribution in [-0.2, 0) is 6.54 Å². The number of hydrogen-bond acceptors (Lipinski definition) is 5. The normalized spacial score (nSPS) is 17.7. The van der Waals surface area contributed by atoms with Crippen LogP contribution in [-0.4, -0.2) is 35.7 Å². The Kier molecular flexibility index (Phi) is 5.48. The third-order valence-corrected chi connectivity index (χ3v) is 4.26. The smallest absolute Gasteiger partial charge is 0.290 e. The number of para-hydroxylation sites is 1. The van der Waals surface area contributed by atoms with Crippen LogP contribution in [0.3, 0.4) is 0 Å². The quantitative estimate of drug-likeness (QED) is 0.848. The van der Waals surface area contributed by atoms with Crippen molar-refractivity contribution in [1.29, 1.82) is 0 Å². The third-order valence-electron chi connectivity index (χ3n) is 4.26. The number of anilines is 1. The van der Waals surface area contributed by atoms with Gasteiger partial charge in [0.1, 0.15) is 5.75 Å². The number of benzene rings is 1. The lowest BCUT2D eigenvalue weighted by atomic mass is 10.1. The molecule has 3 rings (SSSR count). The van der Waals surface area contributed by atoms with Crippen molar-refractivity contribution in [3.8, 4) is 5.75 Å². The molecule has 0 radical (unpaired) electrons. The molecule has 0 amide bonds. The van der Waals surface area contributed by atoms with E-state index < -0.39 is 0 Å². The summed E-state index contributed by atoms with van der Waals surface area (Å²) in [6.45, 7) is 5.07. The fraction of sp³-hybridized carbons (Fsp3) is 0.444. The van der Waals surface area contributed by atoms with Crippen LogP contribution < -0.4 is 20.5 Å². The minimum atomic E-state index is -0.125. The average Bonchev–Trinajstić information content (AvgIpc) is 2.62. The maximum Gasteiger partial charge on any atom is 0.290 e. The van der Waals surface area contributed by atoms with E-state index >= 15 is 0 Å². The summed E-state index contributed by atoms with van der Waals surface area (Å²) in [5.41, 5.74) is 1.03. The van der Waals surface area contributed by atoms with E-state index in [0.29, 0.717) is 18.5 Å². The lowest BCUT2D eigenvalue weighted by Gasteiger charge is -2.33. The molecule has 2 aromatic rings. The highest BCUT2D eigenvalue weighted by Gasteiger charge is 2.22. The lowest BCUT2D eigenvalue weighted by Crippen LogP contribution is -2.47. The molecule has 1 aromatic heterocycles. The molecular formula is C18H24N4O2. The predicted molar refractivity (Wildman–Crippen MR) is 94.5 cm³/mol. The van der Waals surface area contributed by atoms with Crippen LogP contribution in [0.15, 0.2) is 41.5 Å². The van der Waals surface area contributed by atoms with Crippen LogP contribution >= 0.6 is 0 Å². The van der Waals surface area contributed by atoms with Crippen LogP contribution in [0.2, 0.25) is 0 Å². The summed E-state index contributed by atoms with van der Waals surface area (Å²) >= 11 is 0. The molecule has 1 aliphatic rings. The number of H-pyrrole nitrogens is 1. The van der Waals surface area contributed by atoms with Gasteiger partial charge in [0.2, 0.25) is 0 Å². The number of rotatable bonds is 6. The molecule has 128 valence electrons. The Balaban J connectivity index is 1.62. The number of nitrogens with zero attached hydrogens (tertiary/aromatic N) is 2. The molecule has 6 heteroatoms. The number of hydrogen-bond donors (Lipinski definition) is 2. The summed E-state index contributed by atoms with van der Waals surface area (Å²) in [6, 6.07) is 8.43. The second kappa shape index (κ2) is 7.97. The van der Waals surface area contributed by atoms with Crippen LogP contribution in [0.4, 0.5) is 5.82 Å². The van der Waals surface area contributed by atoms with E-state index in [1.807, 2.05) is 25.1 Å². The summed E-state index contributed by atoms with van der Waals surface area (Å²) in [7, 11) is 0. The van der Waals surface area contributed by atoms with Gasteiger partial charge in [0.05, 0.1) is 6.61 Å². The summed E-state index contributed by atoms with van der Waals surface area (Å²) < 4.78 is 5.68. The second-order valence-electron chi connectivity index (χ2n) is 5.95.